The predicted molar refractivity (Wildman–Crippen MR) is 199 cm³/mol. The number of hydrogen-bond acceptors (Lipinski definition) is 8. The molecule has 0 unspecified atom stereocenters. The van der Waals surface area contributed by atoms with Gasteiger partial charge in [-0.2, -0.15) is 0 Å². The maximum absolute atomic E-state index is 13.5. The zero-order chi connectivity index (χ0) is 36.9. The van der Waals surface area contributed by atoms with Crippen LogP contribution in [0.3, 0.4) is 0 Å². The molecule has 0 fully saturated rings. The van der Waals surface area contributed by atoms with Crippen molar-refractivity contribution in [2.24, 2.45) is 5.73 Å². The second-order valence-electron chi connectivity index (χ2n) is 12.5. The summed E-state index contributed by atoms with van der Waals surface area (Å²) < 4.78 is 19.4. The summed E-state index contributed by atoms with van der Waals surface area (Å²) in [6.07, 6.45) is 1.13. The second kappa shape index (κ2) is 15.7. The number of esters is 1. The number of nitrogens with one attached hydrogen (secondary N) is 2. The smallest absolute Gasteiger partial charge is 0.307 e. The average molecular weight is 769 g/mol. The number of ether oxygens (including phenoxy) is 3. The van der Waals surface area contributed by atoms with E-state index in [0.717, 1.165) is 10.0 Å². The zero-order valence-electron chi connectivity index (χ0n) is 28.7. The van der Waals surface area contributed by atoms with E-state index in [2.05, 4.69) is 21.2 Å². The van der Waals surface area contributed by atoms with E-state index in [9.17, 15) is 19.5 Å². The summed E-state index contributed by atoms with van der Waals surface area (Å²) in [6.45, 7) is 0.449. The number of benzene rings is 4. The molecule has 0 saturated heterocycles. The molecule has 13 heteroatoms. The Balaban J connectivity index is 1.28. The molecular weight excluding hydrogens is 730 g/mol. The molecule has 0 radical (unpaired) electrons. The molecule has 1 amide bonds. The van der Waals surface area contributed by atoms with Crippen LogP contribution >= 0.6 is 15.9 Å². The number of amides is 1. The largest absolute Gasteiger partial charge is 0.493 e. The molecule has 4 aromatic carbocycles. The van der Waals surface area contributed by atoms with Crippen molar-refractivity contribution in [1.29, 1.82) is 5.41 Å². The molecule has 1 heterocycles. The molecule has 0 aliphatic heterocycles. The molecule has 6 rings (SSSR count). The van der Waals surface area contributed by atoms with Crippen molar-refractivity contribution in [3.05, 3.63) is 111 Å². The summed E-state index contributed by atoms with van der Waals surface area (Å²) in [5.41, 5.74) is 11.6. The van der Waals surface area contributed by atoms with E-state index in [1.165, 1.54) is 11.1 Å². The van der Waals surface area contributed by atoms with Crippen molar-refractivity contribution in [2.45, 2.75) is 44.8 Å². The highest BCUT2D eigenvalue weighted by molar-refractivity contribution is 9.10. The highest BCUT2D eigenvalue weighted by Gasteiger charge is 2.25. The van der Waals surface area contributed by atoms with Gasteiger partial charge in [-0.05, 0) is 47.4 Å². The third-order valence-corrected chi connectivity index (χ3v) is 9.87. The maximum Gasteiger partial charge on any atom is 0.307 e. The number of aromatic nitrogens is 2. The predicted octanol–water partition coefficient (Wildman–Crippen LogP) is 5.47. The lowest BCUT2D eigenvalue weighted by Gasteiger charge is -2.14. The number of carboxylic acids is 1. The molecule has 5 aromatic rings. The fourth-order valence-electron chi connectivity index (χ4n) is 6.58. The van der Waals surface area contributed by atoms with Crippen LogP contribution in [-0.4, -0.2) is 65.2 Å². The van der Waals surface area contributed by atoms with Crippen molar-refractivity contribution in [2.75, 3.05) is 20.8 Å². The van der Waals surface area contributed by atoms with Crippen LogP contribution in [0.4, 0.5) is 0 Å². The van der Waals surface area contributed by atoms with Gasteiger partial charge in [0.2, 0.25) is 0 Å². The minimum absolute atomic E-state index is 0.0181. The zero-order valence-corrected chi connectivity index (χ0v) is 30.3. The highest BCUT2D eigenvalue weighted by atomic mass is 79.9. The van der Waals surface area contributed by atoms with Gasteiger partial charge in [0.05, 0.1) is 38.1 Å². The molecule has 1 aliphatic carbocycles. The normalized spacial score (nSPS) is 12.4. The van der Waals surface area contributed by atoms with E-state index in [0.29, 0.717) is 65.3 Å². The number of nitrogens with zero attached hydrogens (tertiary/aromatic N) is 2. The number of amidine groups is 1. The van der Waals surface area contributed by atoms with Gasteiger partial charge in [0.25, 0.3) is 5.91 Å². The first-order chi connectivity index (χ1) is 25.1. The monoisotopic (exact) mass is 767 g/mol. The Labute approximate surface area is 308 Å². The highest BCUT2D eigenvalue weighted by Crippen LogP contribution is 2.35. The van der Waals surface area contributed by atoms with E-state index < -0.39 is 24.3 Å². The summed E-state index contributed by atoms with van der Waals surface area (Å²) in [7, 11) is 3.14. The van der Waals surface area contributed by atoms with Gasteiger partial charge < -0.3 is 34.9 Å². The molecule has 12 nitrogen and oxygen atoms in total. The Morgan fingerprint density at radius 2 is 1.67 bits per heavy atom. The van der Waals surface area contributed by atoms with Gasteiger partial charge in [-0.15, -0.1) is 0 Å². The molecule has 0 bridgehead atoms. The van der Waals surface area contributed by atoms with Crippen LogP contribution in [0, 0.1) is 5.41 Å². The molecule has 52 heavy (non-hydrogen) atoms. The molecule has 5 N–H and O–H groups in total. The number of carboxylic acid groups (broad SMARTS) is 1. The summed E-state index contributed by atoms with van der Waals surface area (Å²) in [6, 6.07) is 22.1. The topological polar surface area (TPSA) is 179 Å². The number of aryl methyl sites for hydroxylation is 2. The van der Waals surface area contributed by atoms with Crippen molar-refractivity contribution < 1.29 is 33.7 Å². The number of fused-ring (bicyclic) bond motifs is 2. The van der Waals surface area contributed by atoms with Gasteiger partial charge in [-0.3, -0.25) is 19.8 Å². The van der Waals surface area contributed by atoms with Gasteiger partial charge in [-0.25, -0.2) is 4.98 Å². The van der Waals surface area contributed by atoms with Crippen LogP contribution in [-0.2, 0) is 46.6 Å². The van der Waals surface area contributed by atoms with E-state index in [1.807, 2.05) is 41.0 Å². The number of carbonyl (C=O) groups is 3. The number of nitrogen functional groups attached to an aromatic ring is 1. The van der Waals surface area contributed by atoms with Crippen LogP contribution in [0.1, 0.15) is 44.6 Å². The number of aliphatic carboxylic acids is 1. The van der Waals surface area contributed by atoms with Gasteiger partial charge in [0.1, 0.15) is 17.8 Å². The number of rotatable bonds is 14. The van der Waals surface area contributed by atoms with E-state index in [-0.39, 0.29) is 36.0 Å². The van der Waals surface area contributed by atoms with E-state index in [4.69, 9.17) is 30.3 Å². The van der Waals surface area contributed by atoms with Gasteiger partial charge >= 0.3 is 11.9 Å². The van der Waals surface area contributed by atoms with Gasteiger partial charge in [-0.1, -0.05) is 64.5 Å². The second-order valence-corrected chi connectivity index (χ2v) is 13.3. The minimum atomic E-state index is -1.13. The number of imidazole rings is 1. The fraction of sp³-hybridized carbons (Fsp3) is 0.256. The van der Waals surface area contributed by atoms with Crippen LogP contribution in [0.5, 0.6) is 11.5 Å². The molecule has 268 valence electrons. The fourth-order valence-corrected chi connectivity index (χ4v) is 7.10. The Morgan fingerprint density at radius 3 is 2.31 bits per heavy atom. The van der Waals surface area contributed by atoms with Crippen LogP contribution < -0.4 is 20.5 Å². The Hall–Kier alpha value is -5.69. The molecule has 1 aromatic heterocycles. The molecular formula is C39H38BrN5O7. The van der Waals surface area contributed by atoms with Crippen molar-refractivity contribution >= 4 is 50.6 Å². The molecule has 1 aliphatic rings. The first-order valence-corrected chi connectivity index (χ1v) is 17.5. The minimum Gasteiger partial charge on any atom is -0.493 e. The van der Waals surface area contributed by atoms with Crippen molar-refractivity contribution in [1.82, 2.24) is 14.9 Å². The Morgan fingerprint density at radius 1 is 1.00 bits per heavy atom. The van der Waals surface area contributed by atoms with Crippen molar-refractivity contribution in [3.63, 3.8) is 0 Å². The SMILES string of the molecule is COc1cc(Br)c(CCn2c(-c3ccc(C(=N)N)cc3)nc3c(CC(=O)O)c(C(=O)NCCC(=O)OC4Cc5ccccc5C4)ccc32)cc1OC. The lowest BCUT2D eigenvalue weighted by Crippen LogP contribution is -2.29. The average Bonchev–Trinajstić information content (AvgIpc) is 3.71. The molecule has 0 atom stereocenters. The number of nitrogens with two attached hydrogens (primary N) is 1. The molecule has 0 saturated carbocycles. The van der Waals surface area contributed by atoms with E-state index >= 15 is 0 Å². The number of halogens is 1. The summed E-state index contributed by atoms with van der Waals surface area (Å²) in [4.78, 5) is 43.3. The van der Waals surface area contributed by atoms with E-state index in [1.54, 1.807) is 50.6 Å². The van der Waals surface area contributed by atoms with Crippen LogP contribution in [0.2, 0.25) is 0 Å². The standard InChI is InChI=1S/C39H38BrN5O7/c1-50-32-19-26(30(40)21-33(32)51-2)14-16-45-31-12-11-28(39(49)43-15-13-35(48)52-27-17-24-5-3-4-6-25(24)18-27)29(20-34(46)47)36(31)44-38(45)23-9-7-22(8-10-23)37(41)42/h3-12,19,21,27H,13-18,20H2,1-2H3,(H3,41,42)(H,43,49)(H,46,47). The summed E-state index contributed by atoms with van der Waals surface area (Å²) >= 11 is 3.64. The molecule has 0 spiro atoms. The maximum atomic E-state index is 13.5. The first-order valence-electron chi connectivity index (χ1n) is 16.7. The van der Waals surface area contributed by atoms with Gasteiger partial charge in [0, 0.05) is 52.7 Å². The summed E-state index contributed by atoms with van der Waals surface area (Å²) in [5, 5.41) is 20.5. The lowest BCUT2D eigenvalue weighted by atomic mass is 10.0. The quantitative estimate of drug-likeness (QED) is 0.0648. The first kappa shape index (κ1) is 36.1. The lowest BCUT2D eigenvalue weighted by molar-refractivity contribution is -0.148. The number of methoxy groups -OCH3 is 2. The number of carbonyl (C=O) groups excluding carboxylic acids is 2. The third-order valence-electron chi connectivity index (χ3n) is 9.14. The Kier molecular flexibility index (Phi) is 10.9. The Bertz CT molecular complexity index is 2160. The van der Waals surface area contributed by atoms with Crippen molar-refractivity contribution in [3.8, 4) is 22.9 Å². The van der Waals surface area contributed by atoms with Gasteiger partial charge in [0.15, 0.2) is 11.5 Å². The third kappa shape index (κ3) is 7.79. The van der Waals surface area contributed by atoms with Crippen LogP contribution in [0.25, 0.3) is 22.4 Å². The summed E-state index contributed by atoms with van der Waals surface area (Å²) in [5.74, 6) is -0.432. The van der Waals surface area contributed by atoms with Crippen LogP contribution in [0.15, 0.2) is 77.3 Å². The number of hydrogen-bond donors (Lipinski definition) is 4.